The number of carbonyl (C=O) groups is 7. The lowest BCUT2D eigenvalue weighted by Crippen LogP contribution is -2.35. The van der Waals surface area contributed by atoms with Crippen LogP contribution in [0.4, 0.5) is 10.1 Å². The van der Waals surface area contributed by atoms with Gasteiger partial charge in [-0.1, -0.05) is 70.0 Å². The molecule has 0 bridgehead atoms. The Kier molecular flexibility index (Phi) is 24.3. The van der Waals surface area contributed by atoms with Crippen LogP contribution in [-0.2, 0) is 19.2 Å². The van der Waals surface area contributed by atoms with Gasteiger partial charge in [0.2, 0.25) is 0 Å². The van der Waals surface area contributed by atoms with Crippen molar-refractivity contribution in [3.8, 4) is 28.1 Å². The number of ether oxygens (including phenoxy) is 1. The molecule has 0 aliphatic rings. The number of pyridine rings is 2. The zero-order valence-corrected chi connectivity index (χ0v) is 42.9. The second-order valence-corrected chi connectivity index (χ2v) is 16.9. The Hall–Kier alpha value is -9.49. The summed E-state index contributed by atoms with van der Waals surface area (Å²) >= 11 is 9.27. The van der Waals surface area contributed by atoms with Crippen LogP contribution >= 0.6 is 27.5 Å². The lowest BCUT2D eigenvalue weighted by Gasteiger charge is -2.12. The maximum Gasteiger partial charge on any atom is 0.338 e. The number of carboxylic acid groups (broad SMARTS) is 7. The maximum absolute atomic E-state index is 12.2. The fraction of sp³-hybridized carbons (Fsp3) is 0.113. The van der Waals surface area contributed by atoms with Crippen LogP contribution in [0.5, 0.6) is 5.75 Å². The Labute approximate surface area is 454 Å². The molecule has 0 aliphatic heterocycles. The molecule has 5 aromatic carbocycles. The first kappa shape index (κ1) is 62.8. The molecule has 0 spiro atoms. The zero-order valence-electron chi connectivity index (χ0n) is 40.5. The summed E-state index contributed by atoms with van der Waals surface area (Å²) in [4.78, 5) is 92.8. The van der Waals surface area contributed by atoms with Gasteiger partial charge in [0.05, 0.1) is 45.0 Å². The molecule has 2 heterocycles. The third-order valence-electron chi connectivity index (χ3n) is 10.2. The number of aryl methyl sites for hydroxylation is 1. The molecule has 406 valence electrons. The summed E-state index contributed by atoms with van der Waals surface area (Å²) in [6.45, 7) is 1.66. The van der Waals surface area contributed by atoms with Crippen molar-refractivity contribution in [1.29, 1.82) is 0 Å². The summed E-state index contributed by atoms with van der Waals surface area (Å²) in [7, 11) is 1.52. The van der Waals surface area contributed by atoms with Gasteiger partial charge in [0.15, 0.2) is 12.3 Å². The van der Waals surface area contributed by atoms with E-state index in [1.807, 2.05) is 6.07 Å². The van der Waals surface area contributed by atoms with Gasteiger partial charge in [-0.3, -0.25) is 19.9 Å². The van der Waals surface area contributed by atoms with Crippen LogP contribution in [0.3, 0.4) is 0 Å². The highest BCUT2D eigenvalue weighted by molar-refractivity contribution is 9.10. The van der Waals surface area contributed by atoms with Crippen molar-refractivity contribution in [3.05, 3.63) is 193 Å². The van der Waals surface area contributed by atoms with E-state index in [-0.39, 0.29) is 27.4 Å². The molecule has 1 unspecified atom stereocenters. The summed E-state index contributed by atoms with van der Waals surface area (Å²) in [5.41, 5.74) is 9.33. The third-order valence-corrected chi connectivity index (χ3v) is 11.0. The van der Waals surface area contributed by atoms with E-state index >= 15 is 0 Å². The van der Waals surface area contributed by atoms with Gasteiger partial charge in [0, 0.05) is 52.4 Å². The predicted molar refractivity (Wildman–Crippen MR) is 283 cm³/mol. The number of aliphatic hydroxyl groups is 1. The molecule has 10 N–H and O–H groups in total. The molecule has 3 atom stereocenters. The number of nitrogens with two attached hydrogens (primary N) is 1. The number of carboxylic acids is 7. The monoisotopic (exact) mass is 1160 g/mol. The third kappa shape index (κ3) is 19.0. The van der Waals surface area contributed by atoms with Gasteiger partial charge in [-0.2, -0.15) is 0 Å². The Bertz CT molecular complexity index is 3250. The van der Waals surface area contributed by atoms with Gasteiger partial charge in [0.1, 0.15) is 11.8 Å². The van der Waals surface area contributed by atoms with E-state index in [9.17, 15) is 63.4 Å². The Morgan fingerprint density at radius 3 is 1.83 bits per heavy atom. The van der Waals surface area contributed by atoms with Crippen molar-refractivity contribution in [3.63, 3.8) is 0 Å². The summed E-state index contributed by atoms with van der Waals surface area (Å²) in [6.07, 6.45) is 1.27. The highest BCUT2D eigenvalue weighted by Crippen LogP contribution is 2.33. The summed E-state index contributed by atoms with van der Waals surface area (Å²) in [6, 6.07) is 30.5. The van der Waals surface area contributed by atoms with Crippen molar-refractivity contribution in [2.24, 2.45) is 5.73 Å². The minimum absolute atomic E-state index is 0.0162. The first-order valence-corrected chi connectivity index (χ1v) is 23.1. The highest BCUT2D eigenvalue weighted by atomic mass is 79.9. The van der Waals surface area contributed by atoms with Crippen LogP contribution in [0.1, 0.15) is 60.3 Å². The largest absolute Gasteiger partial charge is 0.497 e. The van der Waals surface area contributed by atoms with E-state index in [1.54, 1.807) is 92.1 Å². The van der Waals surface area contributed by atoms with Crippen LogP contribution in [0.25, 0.3) is 39.4 Å². The number of aliphatic hydroxyl groups excluding tert-OH is 1. The number of hydrogen-bond acceptors (Lipinski definition) is 14. The molecule has 0 aliphatic carbocycles. The Morgan fingerprint density at radius 2 is 1.33 bits per heavy atom. The zero-order chi connectivity index (χ0) is 58.4. The van der Waals surface area contributed by atoms with E-state index in [1.165, 1.54) is 55.7 Å². The lowest BCUT2D eigenvalue weighted by atomic mass is 9.93. The SMILES string of the molecule is COc1ccc([C@@H](O)C(=O)O)cc1.Cc1cccc(-c2cccc(Cl)c2C(=O)O)c1C(=O)O.N[C@@H](CC(F)C(=O)O)C(=O)O.O=C(O)C=Cc1ccc([N+](=O)[O-])cc1.O=C(O)c1cc(-c2ccncc2)nc2ccc(Br)cc12. The van der Waals surface area contributed by atoms with Gasteiger partial charge in [-0.25, -0.2) is 38.1 Å². The number of methoxy groups -OCH3 is 1. The fourth-order valence-corrected chi connectivity index (χ4v) is 7.03. The average molecular weight is 1160 g/mol. The molecule has 0 fully saturated rings. The standard InChI is InChI=1S/C15H9BrN2O2.C15H11ClO4.C9H7NO4.C9H10O4.C5H8FNO4/c16-10-1-2-13-11(7-10)12(15(19)20)8-14(18-13)9-3-5-17-6-4-9;1-8-4-2-5-9(12(8)14(17)18)10-6-3-7-11(16)13(10)15(19)20;11-9(12)6-3-7-1-4-8(5-2-7)10(13)14;1-13-7-4-2-6(3-5-7)8(10)9(11)12;6-2(4(8)9)1-3(7)5(10)11/h1-8H,(H,19,20);2-7H,1H3,(H,17,18)(H,19,20);1-6H,(H,11,12);2-5,8,10H,1H3,(H,11,12);2-3H,1,7H2,(H,8,9)(H,10,11)/t;;;8-;2?,3-/m...10/s1. The van der Waals surface area contributed by atoms with E-state index in [0.29, 0.717) is 50.2 Å². The van der Waals surface area contributed by atoms with E-state index < -0.39 is 71.4 Å². The number of hydrogen-bond donors (Lipinski definition) is 9. The summed E-state index contributed by atoms with van der Waals surface area (Å²) in [5, 5.41) is 81.0. The van der Waals surface area contributed by atoms with E-state index in [0.717, 1.165) is 16.1 Å². The normalized spacial score (nSPS) is 11.4. The molecule has 0 amide bonds. The van der Waals surface area contributed by atoms with Crippen LogP contribution in [0.2, 0.25) is 5.02 Å². The number of aromatic nitrogens is 2. The van der Waals surface area contributed by atoms with Gasteiger partial charge < -0.3 is 51.3 Å². The summed E-state index contributed by atoms with van der Waals surface area (Å²) in [5.74, 6) is -8.05. The molecule has 0 saturated carbocycles. The van der Waals surface area contributed by atoms with E-state index in [2.05, 4.69) is 25.9 Å². The first-order valence-electron chi connectivity index (χ1n) is 21.9. The Morgan fingerprint density at radius 1 is 0.756 bits per heavy atom. The average Bonchev–Trinajstić information content (AvgIpc) is 3.41. The number of aromatic carboxylic acids is 3. The number of nitro groups is 1. The van der Waals surface area contributed by atoms with Crippen LogP contribution in [-0.4, -0.2) is 117 Å². The maximum atomic E-state index is 12.2. The number of halogens is 3. The molecule has 78 heavy (non-hydrogen) atoms. The number of benzene rings is 5. The van der Waals surface area contributed by atoms with E-state index in [4.69, 9.17) is 47.6 Å². The fourth-order valence-electron chi connectivity index (χ4n) is 6.42. The molecule has 25 heteroatoms. The van der Waals surface area contributed by atoms with Crippen LogP contribution < -0.4 is 10.5 Å². The number of fused-ring (bicyclic) bond motifs is 1. The van der Waals surface area contributed by atoms with Gasteiger partial charge in [-0.15, -0.1) is 0 Å². The van der Waals surface area contributed by atoms with Gasteiger partial charge >= 0.3 is 41.8 Å². The topological polar surface area (TPSA) is 386 Å². The number of nitrogens with zero attached hydrogens (tertiary/aromatic N) is 3. The highest BCUT2D eigenvalue weighted by Gasteiger charge is 2.24. The minimum atomic E-state index is -2.21. The van der Waals surface area contributed by atoms with Crippen LogP contribution in [0.15, 0.2) is 144 Å². The van der Waals surface area contributed by atoms with Crippen LogP contribution in [0, 0.1) is 17.0 Å². The molecule has 7 aromatic rings. The quantitative estimate of drug-likeness (QED) is 0.0262. The van der Waals surface area contributed by atoms with Gasteiger partial charge in [-0.05, 0) is 108 Å². The lowest BCUT2D eigenvalue weighted by molar-refractivity contribution is -0.384. The first-order chi connectivity index (χ1) is 36.8. The number of rotatable bonds is 15. The van der Waals surface area contributed by atoms with Crippen molar-refractivity contribution in [2.75, 3.05) is 7.11 Å². The molecule has 22 nitrogen and oxygen atoms in total. The van der Waals surface area contributed by atoms with Gasteiger partial charge in [0.25, 0.3) is 5.69 Å². The molecular weight excluding hydrogens is 1110 g/mol. The smallest absolute Gasteiger partial charge is 0.338 e. The van der Waals surface area contributed by atoms with Crippen molar-refractivity contribution in [2.45, 2.75) is 31.7 Å². The number of aliphatic carboxylic acids is 4. The second kappa shape index (κ2) is 30.2. The summed E-state index contributed by atoms with van der Waals surface area (Å²) < 4.78 is 17.9. The number of non-ortho nitro benzene ring substituents is 1. The molecule has 2 aromatic heterocycles. The minimum Gasteiger partial charge on any atom is -0.497 e. The molecular formula is C53H45BrClFN4O18. The van der Waals surface area contributed by atoms with Crippen molar-refractivity contribution in [1.82, 2.24) is 9.97 Å². The molecule has 0 saturated heterocycles. The number of nitro benzene ring substituents is 1. The van der Waals surface area contributed by atoms with Crippen molar-refractivity contribution >= 4 is 92.0 Å². The molecule has 0 radical (unpaired) electrons. The predicted octanol–water partition coefficient (Wildman–Crippen LogP) is 9.19. The number of alkyl halides is 1. The Balaban J connectivity index is 0.000000262. The second-order valence-electron chi connectivity index (χ2n) is 15.5. The molecule has 7 rings (SSSR count). The van der Waals surface area contributed by atoms with Crippen molar-refractivity contribution < 1.29 is 88.5 Å².